The molecule has 0 unspecified atom stereocenters. The lowest BCUT2D eigenvalue weighted by atomic mass is 9.82. The Kier molecular flexibility index (Phi) is 5.15. The van der Waals surface area contributed by atoms with Crippen LogP contribution in [0.4, 0.5) is 5.69 Å². The molecule has 3 nitrogen and oxygen atoms in total. The van der Waals surface area contributed by atoms with E-state index >= 15 is 0 Å². The fourth-order valence-corrected chi connectivity index (χ4v) is 3.32. The third-order valence-corrected chi connectivity index (χ3v) is 5.04. The van der Waals surface area contributed by atoms with Crippen LogP contribution in [0.3, 0.4) is 0 Å². The number of nitrogens with zero attached hydrogens (tertiary/aromatic N) is 1. The van der Waals surface area contributed by atoms with Crippen molar-refractivity contribution in [2.45, 2.75) is 40.0 Å². The van der Waals surface area contributed by atoms with Crippen LogP contribution in [0.5, 0.6) is 0 Å². The van der Waals surface area contributed by atoms with E-state index in [-0.39, 0.29) is 5.91 Å². The van der Waals surface area contributed by atoms with Gasteiger partial charge in [0.15, 0.2) is 0 Å². The Labute approximate surface area is 132 Å². The van der Waals surface area contributed by atoms with Gasteiger partial charge in [-0.15, -0.1) is 0 Å². The molecule has 1 aromatic carbocycles. The van der Waals surface area contributed by atoms with Crippen molar-refractivity contribution in [1.29, 1.82) is 0 Å². The molecule has 0 aromatic heterocycles. The molecule has 1 N–H and O–H groups in total. The maximum Gasteiger partial charge on any atom is 0.256 e. The molecule has 1 heterocycles. The Balaban J connectivity index is 2.23. The van der Waals surface area contributed by atoms with Crippen LogP contribution in [0.2, 0.25) is 5.02 Å². The maximum atomic E-state index is 12.8. The lowest BCUT2D eigenvalue weighted by Crippen LogP contribution is -2.32. The van der Waals surface area contributed by atoms with Crippen LogP contribution in [0.15, 0.2) is 18.2 Å². The number of halogens is 1. The summed E-state index contributed by atoms with van der Waals surface area (Å²) in [6, 6.07) is 5.49. The summed E-state index contributed by atoms with van der Waals surface area (Å²) in [7, 11) is 0. The van der Waals surface area contributed by atoms with E-state index in [4.69, 9.17) is 11.6 Å². The van der Waals surface area contributed by atoms with Crippen LogP contribution in [0, 0.1) is 5.41 Å². The topological polar surface area (TPSA) is 32.3 Å². The number of nitrogens with one attached hydrogen (secondary N) is 1. The van der Waals surface area contributed by atoms with E-state index in [0.29, 0.717) is 16.0 Å². The number of rotatable bonds is 5. The second kappa shape index (κ2) is 6.69. The first kappa shape index (κ1) is 16.2. The SMILES string of the molecule is CCNc1ccc(Cl)cc1C(=O)N1CCC(CC)(CC)C1. The highest BCUT2D eigenvalue weighted by molar-refractivity contribution is 6.31. The Bertz CT molecular complexity index is 512. The molecule has 0 bridgehead atoms. The van der Waals surface area contributed by atoms with Crippen LogP contribution in [0.1, 0.15) is 50.4 Å². The van der Waals surface area contributed by atoms with E-state index in [0.717, 1.165) is 44.6 Å². The number of amides is 1. The van der Waals surface area contributed by atoms with Gasteiger partial charge < -0.3 is 10.2 Å². The van der Waals surface area contributed by atoms with Crippen molar-refractivity contribution in [3.05, 3.63) is 28.8 Å². The minimum atomic E-state index is 0.0947. The van der Waals surface area contributed by atoms with Crippen LogP contribution < -0.4 is 5.32 Å². The summed E-state index contributed by atoms with van der Waals surface area (Å²) in [5.41, 5.74) is 1.86. The summed E-state index contributed by atoms with van der Waals surface area (Å²) in [6.45, 7) is 8.96. The van der Waals surface area contributed by atoms with Gasteiger partial charge >= 0.3 is 0 Å². The summed E-state index contributed by atoms with van der Waals surface area (Å²) in [5, 5.41) is 3.86. The Morgan fingerprint density at radius 2 is 2.05 bits per heavy atom. The van der Waals surface area contributed by atoms with Gasteiger partial charge in [-0.1, -0.05) is 25.4 Å². The molecular weight excluding hydrogens is 284 g/mol. The standard InChI is InChI=1S/C17H25ClN2O/c1-4-17(5-2)9-10-20(12-17)16(21)14-11-13(18)7-8-15(14)19-6-3/h7-8,11,19H,4-6,9-10,12H2,1-3H3. The first-order valence-electron chi connectivity index (χ1n) is 7.88. The molecule has 1 fully saturated rings. The fourth-order valence-electron chi connectivity index (χ4n) is 3.14. The largest absolute Gasteiger partial charge is 0.385 e. The number of likely N-dealkylation sites (tertiary alicyclic amines) is 1. The van der Waals surface area contributed by atoms with Crippen molar-refractivity contribution in [2.75, 3.05) is 25.0 Å². The minimum Gasteiger partial charge on any atom is -0.385 e. The highest BCUT2D eigenvalue weighted by atomic mass is 35.5. The lowest BCUT2D eigenvalue weighted by molar-refractivity contribution is 0.0771. The van der Waals surface area contributed by atoms with Crippen LogP contribution in [-0.4, -0.2) is 30.4 Å². The first-order valence-corrected chi connectivity index (χ1v) is 8.25. The van der Waals surface area contributed by atoms with Crippen molar-refractivity contribution < 1.29 is 4.79 Å². The number of anilines is 1. The number of benzene rings is 1. The number of hydrogen-bond donors (Lipinski definition) is 1. The summed E-state index contributed by atoms with van der Waals surface area (Å²) >= 11 is 6.08. The average molecular weight is 309 g/mol. The third-order valence-electron chi connectivity index (χ3n) is 4.80. The molecule has 0 atom stereocenters. The van der Waals surface area contributed by atoms with Gasteiger partial charge in [0.2, 0.25) is 0 Å². The Hall–Kier alpha value is -1.22. The molecule has 1 amide bonds. The highest BCUT2D eigenvalue weighted by Crippen LogP contribution is 2.38. The lowest BCUT2D eigenvalue weighted by Gasteiger charge is -2.26. The van der Waals surface area contributed by atoms with E-state index in [2.05, 4.69) is 19.2 Å². The van der Waals surface area contributed by atoms with Crippen LogP contribution >= 0.6 is 11.6 Å². The van der Waals surface area contributed by atoms with Gasteiger partial charge in [-0.05, 0) is 49.8 Å². The predicted octanol–water partition coefficient (Wildman–Crippen LogP) is 4.42. The molecule has 1 aliphatic heterocycles. The van der Waals surface area contributed by atoms with E-state index in [1.165, 1.54) is 0 Å². The van der Waals surface area contributed by atoms with Crippen molar-refractivity contribution in [2.24, 2.45) is 5.41 Å². The molecule has 0 radical (unpaired) electrons. The van der Waals surface area contributed by atoms with Gasteiger partial charge in [0, 0.05) is 30.3 Å². The van der Waals surface area contributed by atoms with E-state index < -0.39 is 0 Å². The summed E-state index contributed by atoms with van der Waals surface area (Å²) in [5.74, 6) is 0.0947. The van der Waals surface area contributed by atoms with E-state index in [1.54, 1.807) is 6.07 Å². The zero-order valence-electron chi connectivity index (χ0n) is 13.2. The Morgan fingerprint density at radius 3 is 2.62 bits per heavy atom. The fraction of sp³-hybridized carbons (Fsp3) is 0.588. The first-order chi connectivity index (χ1) is 10.0. The monoisotopic (exact) mass is 308 g/mol. The maximum absolute atomic E-state index is 12.8. The zero-order chi connectivity index (χ0) is 15.5. The number of carbonyl (C=O) groups excluding carboxylic acids is 1. The van der Waals surface area contributed by atoms with Crippen LogP contribution in [0.25, 0.3) is 0 Å². The number of carbonyl (C=O) groups is 1. The van der Waals surface area contributed by atoms with Crippen molar-refractivity contribution in [3.63, 3.8) is 0 Å². The van der Waals surface area contributed by atoms with E-state index in [9.17, 15) is 4.79 Å². The molecule has 0 spiro atoms. The molecule has 4 heteroatoms. The van der Waals surface area contributed by atoms with Gasteiger partial charge in [0.05, 0.1) is 5.56 Å². The molecule has 1 aliphatic rings. The molecule has 2 rings (SSSR count). The summed E-state index contributed by atoms with van der Waals surface area (Å²) in [6.07, 6.45) is 3.36. The number of hydrogen-bond acceptors (Lipinski definition) is 2. The average Bonchev–Trinajstić information content (AvgIpc) is 2.94. The predicted molar refractivity (Wildman–Crippen MR) is 89.2 cm³/mol. The van der Waals surface area contributed by atoms with Gasteiger partial charge in [0.25, 0.3) is 5.91 Å². The zero-order valence-corrected chi connectivity index (χ0v) is 14.0. The normalized spacial score (nSPS) is 17.0. The molecule has 0 saturated carbocycles. The quantitative estimate of drug-likeness (QED) is 0.873. The van der Waals surface area contributed by atoms with Gasteiger partial charge in [-0.25, -0.2) is 0 Å². The second-order valence-corrected chi connectivity index (χ2v) is 6.34. The van der Waals surface area contributed by atoms with Gasteiger partial charge in [0.1, 0.15) is 0 Å². The third kappa shape index (κ3) is 3.34. The second-order valence-electron chi connectivity index (χ2n) is 5.90. The summed E-state index contributed by atoms with van der Waals surface area (Å²) < 4.78 is 0. The van der Waals surface area contributed by atoms with Gasteiger partial charge in [-0.2, -0.15) is 0 Å². The highest BCUT2D eigenvalue weighted by Gasteiger charge is 2.37. The smallest absolute Gasteiger partial charge is 0.256 e. The molecule has 21 heavy (non-hydrogen) atoms. The molecule has 0 aliphatic carbocycles. The molecule has 1 aromatic rings. The van der Waals surface area contributed by atoms with Crippen LogP contribution in [-0.2, 0) is 0 Å². The molecule has 1 saturated heterocycles. The van der Waals surface area contributed by atoms with E-state index in [1.807, 2.05) is 24.0 Å². The molecular formula is C17H25ClN2O. The summed E-state index contributed by atoms with van der Waals surface area (Å²) in [4.78, 5) is 14.8. The van der Waals surface area contributed by atoms with Crippen molar-refractivity contribution >= 4 is 23.2 Å². The molecule has 116 valence electrons. The Morgan fingerprint density at radius 1 is 1.33 bits per heavy atom. The van der Waals surface area contributed by atoms with Gasteiger partial charge in [-0.3, -0.25) is 4.79 Å². The van der Waals surface area contributed by atoms with Crippen molar-refractivity contribution in [3.8, 4) is 0 Å². The van der Waals surface area contributed by atoms with Crippen molar-refractivity contribution in [1.82, 2.24) is 4.90 Å². The minimum absolute atomic E-state index is 0.0947.